The predicted octanol–water partition coefficient (Wildman–Crippen LogP) is 0.912. The molecule has 0 N–H and O–H groups in total. The molecule has 0 amide bonds. The van der Waals surface area contributed by atoms with Crippen molar-refractivity contribution in [1.82, 2.24) is 0 Å². The zero-order valence-corrected chi connectivity index (χ0v) is 5.74. The van der Waals surface area contributed by atoms with Gasteiger partial charge in [-0.05, 0) is 6.26 Å². The summed E-state index contributed by atoms with van der Waals surface area (Å²) in [4.78, 5) is 9.68. The lowest BCUT2D eigenvalue weighted by molar-refractivity contribution is -0.108. The Morgan fingerprint density at radius 2 is 2.50 bits per heavy atom. The Labute approximate surface area is 53.6 Å². The maximum atomic E-state index is 9.68. The van der Waals surface area contributed by atoms with E-state index in [9.17, 15) is 4.79 Å². The Kier molecular flexibility index (Phi) is 6.96. The lowest BCUT2D eigenvalue weighted by Gasteiger charge is -1.94. The average molecular weight is 134 g/mol. The second kappa shape index (κ2) is 6.98. The van der Waals surface area contributed by atoms with E-state index in [4.69, 9.17) is 4.74 Å². The third-order valence-corrected chi connectivity index (χ3v) is 0.984. The molecule has 0 aliphatic heterocycles. The van der Waals surface area contributed by atoms with Gasteiger partial charge in [-0.25, -0.2) is 0 Å². The second-order valence-corrected chi connectivity index (χ2v) is 2.08. The van der Waals surface area contributed by atoms with Crippen LogP contribution < -0.4 is 0 Å². The van der Waals surface area contributed by atoms with Crippen LogP contribution in [0.1, 0.15) is 6.42 Å². The molecular weight excluding hydrogens is 124 g/mol. The van der Waals surface area contributed by atoms with Crippen LogP contribution in [0.5, 0.6) is 0 Å². The first kappa shape index (κ1) is 7.98. The summed E-state index contributed by atoms with van der Waals surface area (Å²) in [5.41, 5.74) is 0. The van der Waals surface area contributed by atoms with Crippen LogP contribution in [0, 0.1) is 0 Å². The third-order valence-electron chi connectivity index (χ3n) is 0.581. The van der Waals surface area contributed by atoms with Crippen LogP contribution in [0.2, 0.25) is 0 Å². The summed E-state index contributed by atoms with van der Waals surface area (Å²) >= 11 is 1.61. The van der Waals surface area contributed by atoms with E-state index in [0.717, 1.165) is 6.29 Å². The number of hydrogen-bond acceptors (Lipinski definition) is 3. The number of rotatable bonds is 5. The molecule has 0 spiro atoms. The van der Waals surface area contributed by atoms with Gasteiger partial charge in [0.25, 0.3) is 0 Å². The van der Waals surface area contributed by atoms with Crippen LogP contribution in [0.15, 0.2) is 0 Å². The topological polar surface area (TPSA) is 26.3 Å². The molecule has 0 bridgehead atoms. The molecule has 0 heterocycles. The van der Waals surface area contributed by atoms with Gasteiger partial charge in [0.15, 0.2) is 0 Å². The zero-order chi connectivity index (χ0) is 6.24. The van der Waals surface area contributed by atoms with E-state index >= 15 is 0 Å². The maximum absolute atomic E-state index is 9.68. The Morgan fingerprint density at radius 3 is 3.00 bits per heavy atom. The molecule has 0 aliphatic carbocycles. The Bertz CT molecular complexity index is 56.4. The number of carbonyl (C=O) groups is 1. The van der Waals surface area contributed by atoms with Gasteiger partial charge in [0.1, 0.15) is 6.29 Å². The van der Waals surface area contributed by atoms with E-state index in [2.05, 4.69) is 0 Å². The van der Waals surface area contributed by atoms with Crippen LogP contribution in [-0.4, -0.2) is 25.1 Å². The van der Waals surface area contributed by atoms with E-state index in [1.807, 2.05) is 6.26 Å². The number of ether oxygens (including phenoxy) is 1. The van der Waals surface area contributed by atoms with Crippen molar-refractivity contribution in [3.63, 3.8) is 0 Å². The summed E-state index contributed by atoms with van der Waals surface area (Å²) in [6.45, 7) is 0.560. The smallest absolute Gasteiger partial charge is 0.122 e. The fourth-order valence-electron chi connectivity index (χ4n) is 0.274. The molecule has 0 fully saturated rings. The van der Waals surface area contributed by atoms with E-state index in [0.29, 0.717) is 19.0 Å². The summed E-state index contributed by atoms with van der Waals surface area (Å²) < 4.78 is 4.95. The normalized spacial score (nSPS) is 9.12. The molecule has 8 heavy (non-hydrogen) atoms. The molecule has 3 heteroatoms. The van der Waals surface area contributed by atoms with Crippen molar-refractivity contribution >= 4 is 18.0 Å². The molecule has 0 aromatic rings. The van der Waals surface area contributed by atoms with Crippen molar-refractivity contribution in [2.75, 3.05) is 18.8 Å². The van der Waals surface area contributed by atoms with Crippen LogP contribution in [-0.2, 0) is 9.53 Å². The Morgan fingerprint density at radius 1 is 1.75 bits per heavy atom. The second-order valence-electron chi connectivity index (χ2n) is 1.27. The van der Waals surface area contributed by atoms with Crippen LogP contribution >= 0.6 is 11.8 Å². The SMILES string of the molecule is CSCOCCC=O. The largest absolute Gasteiger partial charge is 0.370 e. The van der Waals surface area contributed by atoms with Gasteiger partial charge in [0, 0.05) is 6.42 Å². The molecule has 0 aromatic heterocycles. The molecule has 0 radical (unpaired) electrons. The molecule has 2 nitrogen and oxygen atoms in total. The van der Waals surface area contributed by atoms with Gasteiger partial charge in [-0.15, -0.1) is 11.8 Å². The molecule has 48 valence electrons. The van der Waals surface area contributed by atoms with Crippen molar-refractivity contribution < 1.29 is 9.53 Å². The van der Waals surface area contributed by atoms with Crippen molar-refractivity contribution in [1.29, 1.82) is 0 Å². The fourth-order valence-corrected chi connectivity index (χ4v) is 0.558. The van der Waals surface area contributed by atoms with E-state index in [1.54, 1.807) is 11.8 Å². The highest BCUT2D eigenvalue weighted by Gasteiger charge is 1.81. The van der Waals surface area contributed by atoms with Crippen molar-refractivity contribution in [3.05, 3.63) is 0 Å². The molecule has 0 saturated carbocycles. The zero-order valence-electron chi connectivity index (χ0n) is 4.92. The van der Waals surface area contributed by atoms with Crippen molar-refractivity contribution in [2.24, 2.45) is 0 Å². The molecule has 0 aromatic carbocycles. The molecule has 0 rings (SSSR count). The minimum absolute atomic E-state index is 0.514. The van der Waals surface area contributed by atoms with E-state index in [1.165, 1.54) is 0 Å². The molecule has 0 saturated heterocycles. The summed E-state index contributed by atoms with van der Waals surface area (Å²) in [5.74, 6) is 0.688. The minimum atomic E-state index is 0.514. The highest BCUT2D eigenvalue weighted by atomic mass is 32.2. The summed E-state index contributed by atoms with van der Waals surface area (Å²) in [6, 6.07) is 0. The van der Waals surface area contributed by atoms with Crippen molar-refractivity contribution in [3.8, 4) is 0 Å². The number of aldehydes is 1. The van der Waals surface area contributed by atoms with Crippen LogP contribution in [0.3, 0.4) is 0 Å². The minimum Gasteiger partial charge on any atom is -0.370 e. The van der Waals surface area contributed by atoms with Gasteiger partial charge >= 0.3 is 0 Å². The Hall–Kier alpha value is -0.0200. The van der Waals surface area contributed by atoms with Crippen LogP contribution in [0.4, 0.5) is 0 Å². The van der Waals surface area contributed by atoms with Gasteiger partial charge in [-0.2, -0.15) is 0 Å². The van der Waals surface area contributed by atoms with Crippen molar-refractivity contribution in [2.45, 2.75) is 6.42 Å². The highest BCUT2D eigenvalue weighted by Crippen LogP contribution is 1.91. The number of carbonyl (C=O) groups excluding carboxylic acids is 1. The first-order valence-electron chi connectivity index (χ1n) is 2.42. The molecular formula is C5H10O2S. The van der Waals surface area contributed by atoms with E-state index in [-0.39, 0.29) is 0 Å². The number of thioether (sulfide) groups is 1. The highest BCUT2D eigenvalue weighted by molar-refractivity contribution is 7.98. The predicted molar refractivity (Wildman–Crippen MR) is 35.0 cm³/mol. The molecule has 0 unspecified atom stereocenters. The average Bonchev–Trinajstić information content (AvgIpc) is 1.81. The summed E-state index contributed by atoms with van der Waals surface area (Å²) in [6.07, 6.45) is 3.34. The van der Waals surface area contributed by atoms with E-state index < -0.39 is 0 Å². The molecule has 0 aliphatic rings. The first-order chi connectivity index (χ1) is 3.91. The standard InChI is InChI=1S/C5H10O2S/c1-8-5-7-4-2-3-6/h3H,2,4-5H2,1H3. The Balaban J connectivity index is 2.62. The third kappa shape index (κ3) is 5.98. The maximum Gasteiger partial charge on any atom is 0.122 e. The van der Waals surface area contributed by atoms with Gasteiger partial charge in [0.2, 0.25) is 0 Å². The van der Waals surface area contributed by atoms with Gasteiger partial charge in [-0.1, -0.05) is 0 Å². The fraction of sp³-hybridized carbons (Fsp3) is 0.800. The lowest BCUT2D eigenvalue weighted by atomic mass is 10.5. The lowest BCUT2D eigenvalue weighted by Crippen LogP contribution is -1.92. The van der Waals surface area contributed by atoms with Gasteiger partial charge in [-0.3, -0.25) is 0 Å². The quantitative estimate of drug-likeness (QED) is 0.317. The van der Waals surface area contributed by atoms with Crippen LogP contribution in [0.25, 0.3) is 0 Å². The monoisotopic (exact) mass is 134 g/mol. The van der Waals surface area contributed by atoms with Gasteiger partial charge in [0.05, 0.1) is 12.5 Å². The summed E-state index contributed by atoms with van der Waals surface area (Å²) in [5, 5.41) is 0. The van der Waals surface area contributed by atoms with Gasteiger partial charge < -0.3 is 9.53 Å². The summed E-state index contributed by atoms with van der Waals surface area (Å²) in [7, 11) is 0. The number of hydrogen-bond donors (Lipinski definition) is 0. The molecule has 0 atom stereocenters. The first-order valence-corrected chi connectivity index (χ1v) is 3.81.